The van der Waals surface area contributed by atoms with Gasteiger partial charge in [0.25, 0.3) is 0 Å². The summed E-state index contributed by atoms with van der Waals surface area (Å²) in [5.74, 6) is 1.63. The van der Waals surface area contributed by atoms with E-state index in [4.69, 9.17) is 4.74 Å². The molecule has 1 amide bonds. The summed E-state index contributed by atoms with van der Waals surface area (Å²) in [5, 5.41) is 0. The Labute approximate surface area is 162 Å². The minimum Gasteiger partial charge on any atom is -0.497 e. The summed E-state index contributed by atoms with van der Waals surface area (Å²) in [7, 11) is 1.62. The van der Waals surface area contributed by atoms with E-state index in [1.54, 1.807) is 19.3 Å². The van der Waals surface area contributed by atoms with Crippen molar-refractivity contribution < 1.29 is 13.9 Å². The van der Waals surface area contributed by atoms with Crippen LogP contribution in [0, 0.1) is 5.82 Å². The summed E-state index contributed by atoms with van der Waals surface area (Å²) in [6.45, 7) is 1.36. The number of H-pyrrole nitrogens is 1. The molecular formula is C22H22FN3O2. The van der Waals surface area contributed by atoms with Crippen molar-refractivity contribution in [1.29, 1.82) is 0 Å². The SMILES string of the molecule is COc1cccc(/C=C/C(=O)N2CCC(c3nc4ccc(F)cc4[nH]3)CC2)c1. The van der Waals surface area contributed by atoms with Crippen molar-refractivity contribution in [2.24, 2.45) is 0 Å². The fraction of sp³-hybridized carbons (Fsp3) is 0.273. The molecule has 0 saturated carbocycles. The highest BCUT2D eigenvalue weighted by molar-refractivity contribution is 5.91. The van der Waals surface area contributed by atoms with E-state index in [1.807, 2.05) is 35.2 Å². The molecule has 3 aromatic rings. The number of likely N-dealkylation sites (tertiary alicyclic amines) is 1. The molecule has 5 nitrogen and oxygen atoms in total. The third-order valence-electron chi connectivity index (χ3n) is 5.17. The molecule has 1 N–H and O–H groups in total. The zero-order chi connectivity index (χ0) is 19.5. The minimum absolute atomic E-state index is 0.00736. The van der Waals surface area contributed by atoms with E-state index in [-0.39, 0.29) is 17.6 Å². The van der Waals surface area contributed by atoms with E-state index in [2.05, 4.69) is 9.97 Å². The van der Waals surface area contributed by atoms with Gasteiger partial charge in [0.15, 0.2) is 0 Å². The third-order valence-corrected chi connectivity index (χ3v) is 5.17. The Bertz CT molecular complexity index is 1020. The van der Waals surface area contributed by atoms with Crippen molar-refractivity contribution in [3.8, 4) is 5.75 Å². The number of methoxy groups -OCH3 is 1. The number of nitrogens with one attached hydrogen (secondary N) is 1. The lowest BCUT2D eigenvalue weighted by molar-refractivity contribution is -0.127. The number of aromatic nitrogens is 2. The van der Waals surface area contributed by atoms with Gasteiger partial charge in [0.2, 0.25) is 5.91 Å². The maximum Gasteiger partial charge on any atom is 0.246 e. The summed E-state index contributed by atoms with van der Waals surface area (Å²) in [5.41, 5.74) is 2.42. The van der Waals surface area contributed by atoms with Gasteiger partial charge in [-0.2, -0.15) is 0 Å². The van der Waals surface area contributed by atoms with E-state index in [0.29, 0.717) is 13.1 Å². The highest BCUT2D eigenvalue weighted by atomic mass is 19.1. The molecule has 1 aliphatic rings. The number of fused-ring (bicyclic) bond motifs is 1. The number of ether oxygens (including phenoxy) is 1. The molecule has 1 aromatic heterocycles. The standard InChI is InChI=1S/C22H22FN3O2/c1-28-18-4-2-3-15(13-18)5-8-21(27)26-11-9-16(10-12-26)22-24-19-7-6-17(23)14-20(19)25-22/h2-8,13-14,16H,9-12H2,1H3,(H,24,25)/b8-5+. The Morgan fingerprint density at radius 3 is 2.86 bits per heavy atom. The first-order valence-corrected chi connectivity index (χ1v) is 9.38. The number of halogens is 1. The molecule has 0 bridgehead atoms. The van der Waals surface area contributed by atoms with Gasteiger partial charge in [-0.3, -0.25) is 4.79 Å². The van der Waals surface area contributed by atoms with Crippen molar-refractivity contribution in [2.45, 2.75) is 18.8 Å². The smallest absolute Gasteiger partial charge is 0.246 e. The van der Waals surface area contributed by atoms with Crippen LogP contribution in [-0.4, -0.2) is 41.0 Å². The highest BCUT2D eigenvalue weighted by Gasteiger charge is 2.24. The van der Waals surface area contributed by atoms with E-state index in [9.17, 15) is 9.18 Å². The zero-order valence-electron chi connectivity index (χ0n) is 15.7. The molecule has 1 aliphatic heterocycles. The molecule has 28 heavy (non-hydrogen) atoms. The van der Waals surface area contributed by atoms with Gasteiger partial charge in [-0.15, -0.1) is 0 Å². The van der Waals surface area contributed by atoms with Crippen LogP contribution in [0.5, 0.6) is 5.75 Å². The van der Waals surface area contributed by atoms with Crippen LogP contribution < -0.4 is 4.74 Å². The van der Waals surface area contributed by atoms with Gasteiger partial charge in [0, 0.05) is 25.1 Å². The van der Waals surface area contributed by atoms with E-state index < -0.39 is 0 Å². The number of imidazole rings is 1. The summed E-state index contributed by atoms with van der Waals surface area (Å²) in [6.07, 6.45) is 5.09. The molecule has 0 spiro atoms. The Morgan fingerprint density at radius 2 is 2.07 bits per heavy atom. The van der Waals surface area contributed by atoms with Gasteiger partial charge >= 0.3 is 0 Å². The van der Waals surface area contributed by atoms with Gasteiger partial charge < -0.3 is 14.6 Å². The Balaban J connectivity index is 1.37. The largest absolute Gasteiger partial charge is 0.497 e. The zero-order valence-corrected chi connectivity index (χ0v) is 15.7. The first-order valence-electron chi connectivity index (χ1n) is 9.38. The molecule has 2 aromatic carbocycles. The van der Waals surface area contributed by atoms with Crippen LogP contribution in [0.4, 0.5) is 4.39 Å². The van der Waals surface area contributed by atoms with E-state index in [1.165, 1.54) is 12.1 Å². The minimum atomic E-state index is -0.272. The number of piperidine rings is 1. The molecule has 0 unspecified atom stereocenters. The Hall–Kier alpha value is -3.15. The lowest BCUT2D eigenvalue weighted by Gasteiger charge is -2.30. The molecule has 144 valence electrons. The van der Waals surface area contributed by atoms with Crippen LogP contribution in [0.15, 0.2) is 48.5 Å². The first kappa shape index (κ1) is 18.2. The van der Waals surface area contributed by atoms with Gasteiger partial charge in [0.1, 0.15) is 17.4 Å². The molecule has 0 radical (unpaired) electrons. The predicted octanol–water partition coefficient (Wildman–Crippen LogP) is 4.13. The first-order chi connectivity index (χ1) is 13.6. The molecule has 1 fully saturated rings. The van der Waals surface area contributed by atoms with Gasteiger partial charge in [-0.25, -0.2) is 9.37 Å². The fourth-order valence-electron chi connectivity index (χ4n) is 3.59. The quantitative estimate of drug-likeness (QED) is 0.694. The summed E-state index contributed by atoms with van der Waals surface area (Å²) in [6, 6.07) is 12.2. The number of nitrogens with zero attached hydrogens (tertiary/aromatic N) is 2. The second-order valence-corrected chi connectivity index (χ2v) is 6.99. The highest BCUT2D eigenvalue weighted by Crippen LogP contribution is 2.28. The van der Waals surface area contributed by atoms with Crippen molar-refractivity contribution in [2.75, 3.05) is 20.2 Å². The average molecular weight is 379 g/mol. The summed E-state index contributed by atoms with van der Waals surface area (Å²) < 4.78 is 18.6. The molecule has 0 aliphatic carbocycles. The Morgan fingerprint density at radius 1 is 1.25 bits per heavy atom. The Kier molecular flexibility index (Phi) is 5.10. The van der Waals surface area contributed by atoms with Gasteiger partial charge in [-0.05, 0) is 54.8 Å². The van der Waals surface area contributed by atoms with Crippen molar-refractivity contribution in [3.63, 3.8) is 0 Å². The maximum absolute atomic E-state index is 13.4. The number of amides is 1. The summed E-state index contributed by atoms with van der Waals surface area (Å²) >= 11 is 0. The second kappa shape index (κ2) is 7.84. The normalized spacial score (nSPS) is 15.4. The molecular weight excluding hydrogens is 357 g/mol. The van der Waals surface area contributed by atoms with E-state index in [0.717, 1.165) is 41.0 Å². The molecule has 1 saturated heterocycles. The maximum atomic E-state index is 13.4. The average Bonchev–Trinajstić information content (AvgIpc) is 3.15. The van der Waals surface area contributed by atoms with Crippen LogP contribution in [0.3, 0.4) is 0 Å². The molecule has 4 rings (SSSR count). The van der Waals surface area contributed by atoms with Crippen molar-refractivity contribution >= 4 is 23.0 Å². The van der Waals surface area contributed by atoms with Crippen molar-refractivity contribution in [1.82, 2.24) is 14.9 Å². The molecule has 0 atom stereocenters. The third kappa shape index (κ3) is 3.91. The van der Waals surface area contributed by atoms with E-state index >= 15 is 0 Å². The molecule has 6 heteroatoms. The van der Waals surface area contributed by atoms with Crippen LogP contribution >= 0.6 is 0 Å². The number of benzene rings is 2. The number of carbonyl (C=O) groups excluding carboxylic acids is 1. The lowest BCUT2D eigenvalue weighted by atomic mass is 9.96. The topological polar surface area (TPSA) is 58.2 Å². The van der Waals surface area contributed by atoms with Crippen LogP contribution in [-0.2, 0) is 4.79 Å². The number of hydrogen-bond acceptors (Lipinski definition) is 3. The number of hydrogen-bond donors (Lipinski definition) is 1. The monoisotopic (exact) mass is 379 g/mol. The second-order valence-electron chi connectivity index (χ2n) is 6.99. The van der Waals surface area contributed by atoms with Gasteiger partial charge in [0.05, 0.1) is 18.1 Å². The van der Waals surface area contributed by atoms with Crippen molar-refractivity contribution in [3.05, 3.63) is 65.7 Å². The van der Waals surface area contributed by atoms with Crippen LogP contribution in [0.1, 0.15) is 30.1 Å². The lowest BCUT2D eigenvalue weighted by Crippen LogP contribution is -2.37. The number of rotatable bonds is 4. The summed E-state index contributed by atoms with van der Waals surface area (Å²) in [4.78, 5) is 22.2. The predicted molar refractivity (Wildman–Crippen MR) is 107 cm³/mol. The fourth-order valence-corrected chi connectivity index (χ4v) is 3.59. The van der Waals surface area contributed by atoms with Crippen LogP contribution in [0.25, 0.3) is 17.1 Å². The number of carbonyl (C=O) groups is 1. The number of aromatic amines is 1. The molecule has 2 heterocycles. The van der Waals surface area contributed by atoms with Crippen LogP contribution in [0.2, 0.25) is 0 Å². The van der Waals surface area contributed by atoms with Gasteiger partial charge in [-0.1, -0.05) is 12.1 Å².